The van der Waals surface area contributed by atoms with Crippen molar-refractivity contribution in [3.8, 4) is 0 Å². The third kappa shape index (κ3) is 2.40. The molecule has 1 unspecified atom stereocenters. The van der Waals surface area contributed by atoms with Gasteiger partial charge in [-0.25, -0.2) is 0 Å². The number of carbonyl (C=O) groups is 1. The number of alkyl halides is 3. The van der Waals surface area contributed by atoms with Crippen molar-refractivity contribution in [3.05, 3.63) is 23.2 Å². The molecule has 1 N–H and O–H groups in total. The second-order valence-electron chi connectivity index (χ2n) is 4.53. The fourth-order valence-corrected chi connectivity index (χ4v) is 2.95. The summed E-state index contributed by atoms with van der Waals surface area (Å²) in [5.74, 6) is -0.425. The normalized spacial score (nSPS) is 20.6. The van der Waals surface area contributed by atoms with Gasteiger partial charge in [-0.15, -0.1) is 11.3 Å². The van der Waals surface area contributed by atoms with Crippen molar-refractivity contribution in [2.45, 2.75) is 12.3 Å². The molecule has 0 aliphatic carbocycles. The van der Waals surface area contributed by atoms with Crippen molar-refractivity contribution in [1.29, 1.82) is 0 Å². The molecule has 4 nitrogen and oxygen atoms in total. The molecule has 2 aromatic rings. The number of fused-ring (bicyclic) bond motifs is 1. The van der Waals surface area contributed by atoms with E-state index in [9.17, 15) is 18.0 Å². The number of hydrogen-bond donors (Lipinski definition) is 1. The molecule has 3 rings (SSSR count). The van der Waals surface area contributed by atoms with Crippen molar-refractivity contribution in [2.24, 2.45) is 0 Å². The van der Waals surface area contributed by atoms with Crippen LogP contribution in [0.15, 0.2) is 17.5 Å². The Bertz CT molecular complexity index is 605. The Kier molecular flexibility index (Phi) is 3.21. The minimum Gasteiger partial charge on any atom is -0.365 e. The molecule has 1 amide bonds. The Balaban J connectivity index is 1.78. The zero-order valence-electron chi connectivity index (χ0n) is 10.2. The third-order valence-corrected chi connectivity index (χ3v) is 4.05. The fraction of sp³-hybridized carbons (Fsp3) is 0.417. The first kappa shape index (κ1) is 13.4. The van der Waals surface area contributed by atoms with Crippen LogP contribution < -0.4 is 0 Å². The molecule has 0 bridgehead atoms. The summed E-state index contributed by atoms with van der Waals surface area (Å²) in [7, 11) is 0. The molecule has 3 heterocycles. The molecular weight excluding hydrogens is 293 g/mol. The number of aromatic amines is 1. The van der Waals surface area contributed by atoms with Crippen LogP contribution in [0.3, 0.4) is 0 Å². The van der Waals surface area contributed by atoms with Crippen LogP contribution in [0, 0.1) is 0 Å². The average Bonchev–Trinajstić information content (AvgIpc) is 2.97. The van der Waals surface area contributed by atoms with Crippen molar-refractivity contribution < 1.29 is 22.7 Å². The van der Waals surface area contributed by atoms with Gasteiger partial charge in [-0.3, -0.25) is 4.79 Å². The number of ether oxygens (including phenoxy) is 1. The van der Waals surface area contributed by atoms with E-state index in [0.717, 1.165) is 10.2 Å². The van der Waals surface area contributed by atoms with Crippen LogP contribution in [0.2, 0.25) is 0 Å². The molecule has 2 aromatic heterocycles. The Morgan fingerprint density at radius 2 is 2.30 bits per heavy atom. The molecule has 20 heavy (non-hydrogen) atoms. The molecule has 1 aliphatic rings. The number of aromatic nitrogens is 1. The summed E-state index contributed by atoms with van der Waals surface area (Å²) in [6.07, 6.45) is -6.36. The van der Waals surface area contributed by atoms with E-state index in [4.69, 9.17) is 0 Å². The molecule has 8 heteroatoms. The molecule has 1 aliphatic heterocycles. The number of rotatable bonds is 1. The summed E-state index contributed by atoms with van der Waals surface area (Å²) in [4.78, 5) is 16.3. The number of H-pyrrole nitrogens is 1. The van der Waals surface area contributed by atoms with Gasteiger partial charge in [0.2, 0.25) is 0 Å². The van der Waals surface area contributed by atoms with Gasteiger partial charge < -0.3 is 14.6 Å². The lowest BCUT2D eigenvalue weighted by Gasteiger charge is -2.33. The Hall–Kier alpha value is -1.54. The van der Waals surface area contributed by atoms with E-state index >= 15 is 0 Å². The van der Waals surface area contributed by atoms with Crippen molar-refractivity contribution >= 4 is 27.5 Å². The maximum absolute atomic E-state index is 12.6. The van der Waals surface area contributed by atoms with E-state index in [2.05, 4.69) is 9.72 Å². The molecule has 0 aromatic carbocycles. The first-order valence-electron chi connectivity index (χ1n) is 5.99. The molecule has 1 fully saturated rings. The number of halogens is 3. The zero-order chi connectivity index (χ0) is 14.3. The number of hydrogen-bond acceptors (Lipinski definition) is 3. The lowest BCUT2D eigenvalue weighted by molar-refractivity contribution is -0.233. The topological polar surface area (TPSA) is 45.3 Å². The van der Waals surface area contributed by atoms with Crippen LogP contribution in [0.25, 0.3) is 10.2 Å². The molecule has 1 atom stereocenters. The largest absolute Gasteiger partial charge is 0.416 e. The SMILES string of the molecule is O=C(c1cc2sccc2[nH]1)N1CCOC(C(F)(F)F)C1. The summed E-state index contributed by atoms with van der Waals surface area (Å²) >= 11 is 1.47. The highest BCUT2D eigenvalue weighted by molar-refractivity contribution is 7.17. The monoisotopic (exact) mass is 304 g/mol. The summed E-state index contributed by atoms with van der Waals surface area (Å²) in [6.45, 7) is -0.405. The number of nitrogens with one attached hydrogen (secondary N) is 1. The molecular formula is C12H11F3N2O2S. The predicted octanol–water partition coefficient (Wildman–Crippen LogP) is 2.63. The van der Waals surface area contributed by atoms with Crippen LogP contribution in [-0.4, -0.2) is 47.8 Å². The Morgan fingerprint density at radius 1 is 1.50 bits per heavy atom. The number of morpholine rings is 1. The highest BCUT2D eigenvalue weighted by Gasteiger charge is 2.44. The van der Waals surface area contributed by atoms with Gasteiger partial charge in [0.25, 0.3) is 5.91 Å². The summed E-state index contributed by atoms with van der Waals surface area (Å²) in [6, 6.07) is 3.50. The quantitative estimate of drug-likeness (QED) is 0.880. The highest BCUT2D eigenvalue weighted by atomic mass is 32.1. The molecule has 108 valence electrons. The van der Waals surface area contributed by atoms with E-state index < -0.39 is 24.7 Å². The van der Waals surface area contributed by atoms with Gasteiger partial charge in [-0.2, -0.15) is 13.2 Å². The van der Waals surface area contributed by atoms with E-state index in [1.54, 1.807) is 6.07 Å². The van der Waals surface area contributed by atoms with Gasteiger partial charge >= 0.3 is 6.18 Å². The fourth-order valence-electron chi connectivity index (χ4n) is 2.17. The molecule has 0 radical (unpaired) electrons. The van der Waals surface area contributed by atoms with E-state index in [0.29, 0.717) is 5.69 Å². The standard InChI is InChI=1S/C12H11F3N2O2S/c13-12(14,15)10-6-17(2-3-19-10)11(18)8-5-9-7(16-8)1-4-20-9/h1,4-5,10,16H,2-3,6H2. The molecule has 0 saturated carbocycles. The summed E-state index contributed by atoms with van der Waals surface area (Å²) < 4.78 is 43.5. The van der Waals surface area contributed by atoms with Crippen molar-refractivity contribution in [1.82, 2.24) is 9.88 Å². The maximum atomic E-state index is 12.6. The predicted molar refractivity (Wildman–Crippen MR) is 67.9 cm³/mol. The minimum atomic E-state index is -4.45. The first-order valence-corrected chi connectivity index (χ1v) is 6.87. The maximum Gasteiger partial charge on any atom is 0.416 e. The number of nitrogens with zero attached hydrogens (tertiary/aromatic N) is 1. The zero-order valence-corrected chi connectivity index (χ0v) is 11.1. The van der Waals surface area contributed by atoms with Gasteiger partial charge in [0.1, 0.15) is 5.69 Å². The van der Waals surface area contributed by atoms with E-state index in [1.807, 2.05) is 11.4 Å². The second kappa shape index (κ2) is 4.78. The van der Waals surface area contributed by atoms with Gasteiger partial charge in [-0.05, 0) is 17.5 Å². The second-order valence-corrected chi connectivity index (χ2v) is 5.48. The van der Waals surface area contributed by atoms with Crippen LogP contribution in [0.4, 0.5) is 13.2 Å². The number of carbonyl (C=O) groups excluding carboxylic acids is 1. The summed E-state index contributed by atoms with van der Waals surface area (Å²) in [5.41, 5.74) is 1.13. The number of thiophene rings is 1. The van der Waals surface area contributed by atoms with Gasteiger partial charge in [0.05, 0.1) is 23.4 Å². The van der Waals surface area contributed by atoms with E-state index in [1.165, 1.54) is 16.2 Å². The Morgan fingerprint density at radius 3 is 3.00 bits per heavy atom. The van der Waals surface area contributed by atoms with Crippen molar-refractivity contribution in [2.75, 3.05) is 19.7 Å². The average molecular weight is 304 g/mol. The Labute approximate surface area is 116 Å². The summed E-state index contributed by atoms with van der Waals surface area (Å²) in [5, 5.41) is 1.88. The van der Waals surface area contributed by atoms with Gasteiger partial charge in [0, 0.05) is 6.54 Å². The van der Waals surface area contributed by atoms with Crippen molar-refractivity contribution in [3.63, 3.8) is 0 Å². The number of amides is 1. The smallest absolute Gasteiger partial charge is 0.365 e. The molecule has 0 spiro atoms. The van der Waals surface area contributed by atoms with E-state index in [-0.39, 0.29) is 13.2 Å². The lowest BCUT2D eigenvalue weighted by atomic mass is 10.2. The van der Waals surface area contributed by atoms with Crippen LogP contribution in [-0.2, 0) is 4.74 Å². The highest BCUT2D eigenvalue weighted by Crippen LogP contribution is 2.27. The molecule has 1 saturated heterocycles. The van der Waals surface area contributed by atoms with Gasteiger partial charge in [-0.1, -0.05) is 0 Å². The first-order chi connectivity index (χ1) is 9.45. The van der Waals surface area contributed by atoms with Crippen LogP contribution in [0.5, 0.6) is 0 Å². The lowest BCUT2D eigenvalue weighted by Crippen LogP contribution is -2.51. The minimum absolute atomic E-state index is 0.106. The third-order valence-electron chi connectivity index (χ3n) is 3.19. The van der Waals surface area contributed by atoms with Gasteiger partial charge in [0.15, 0.2) is 6.10 Å². The van der Waals surface area contributed by atoms with Crippen LogP contribution >= 0.6 is 11.3 Å². The van der Waals surface area contributed by atoms with Crippen LogP contribution in [0.1, 0.15) is 10.5 Å².